The fourth-order valence-corrected chi connectivity index (χ4v) is 1.67. The van der Waals surface area contributed by atoms with Gasteiger partial charge < -0.3 is 14.7 Å². The smallest absolute Gasteiger partial charge is 0.335 e. The highest BCUT2D eigenvalue weighted by Gasteiger charge is 2.25. The Hall–Kier alpha value is -2.30. The van der Waals surface area contributed by atoms with Crippen LogP contribution >= 0.6 is 0 Å². The second-order valence-electron chi connectivity index (χ2n) is 3.57. The maximum absolute atomic E-state index is 11.6. The maximum Gasteiger partial charge on any atom is 0.335 e. The van der Waals surface area contributed by atoms with Gasteiger partial charge in [0.2, 0.25) is 0 Å². The Bertz CT molecular complexity index is 495. The average molecular weight is 233 g/mol. The number of anilines is 1. The summed E-state index contributed by atoms with van der Waals surface area (Å²) >= 11 is 0. The number of nitrogens with zero attached hydrogens (tertiary/aromatic N) is 1. The van der Waals surface area contributed by atoms with Crippen LogP contribution in [0.15, 0.2) is 30.9 Å². The number of carbonyl (C=O) groups is 2. The van der Waals surface area contributed by atoms with Crippen molar-refractivity contribution in [2.45, 2.75) is 0 Å². The van der Waals surface area contributed by atoms with Gasteiger partial charge in [0.05, 0.1) is 11.3 Å². The van der Waals surface area contributed by atoms with Gasteiger partial charge in [0.15, 0.2) is 6.61 Å². The Kier molecular flexibility index (Phi) is 2.82. The van der Waals surface area contributed by atoms with Crippen LogP contribution in [-0.4, -0.2) is 30.1 Å². The molecular formula is C12H11NO4. The number of hydrogen-bond donors (Lipinski definition) is 1. The third-order valence-corrected chi connectivity index (χ3v) is 2.46. The number of carbonyl (C=O) groups excluding carboxylic acids is 1. The van der Waals surface area contributed by atoms with E-state index in [-0.39, 0.29) is 18.1 Å². The minimum absolute atomic E-state index is 0.0795. The Morgan fingerprint density at radius 1 is 1.59 bits per heavy atom. The third kappa shape index (κ3) is 1.99. The fourth-order valence-electron chi connectivity index (χ4n) is 1.67. The molecule has 0 aliphatic carbocycles. The number of ether oxygens (including phenoxy) is 1. The Balaban J connectivity index is 2.43. The van der Waals surface area contributed by atoms with E-state index in [0.29, 0.717) is 18.0 Å². The molecule has 5 nitrogen and oxygen atoms in total. The van der Waals surface area contributed by atoms with Gasteiger partial charge in [-0.2, -0.15) is 0 Å². The van der Waals surface area contributed by atoms with Crippen molar-refractivity contribution >= 4 is 17.6 Å². The van der Waals surface area contributed by atoms with Crippen LogP contribution in [0.25, 0.3) is 0 Å². The largest absolute Gasteiger partial charge is 0.482 e. The third-order valence-electron chi connectivity index (χ3n) is 2.46. The molecule has 1 aliphatic rings. The molecule has 1 amide bonds. The van der Waals surface area contributed by atoms with E-state index in [9.17, 15) is 9.59 Å². The summed E-state index contributed by atoms with van der Waals surface area (Å²) in [5, 5.41) is 8.86. The predicted octanol–water partition coefficient (Wildman–Crippen LogP) is 1.30. The molecule has 88 valence electrons. The molecule has 5 heteroatoms. The van der Waals surface area contributed by atoms with Gasteiger partial charge in [0.1, 0.15) is 5.75 Å². The van der Waals surface area contributed by atoms with Crippen LogP contribution in [0.1, 0.15) is 10.4 Å². The van der Waals surface area contributed by atoms with Crippen molar-refractivity contribution in [3.8, 4) is 5.75 Å². The zero-order valence-electron chi connectivity index (χ0n) is 9.05. The molecule has 1 aromatic rings. The number of rotatable bonds is 3. The summed E-state index contributed by atoms with van der Waals surface area (Å²) in [5.41, 5.74) is 0.711. The van der Waals surface area contributed by atoms with Gasteiger partial charge in [-0.05, 0) is 18.2 Å². The SMILES string of the molecule is C=CCN1C(=O)COc2cc(C(=O)O)ccc21. The number of aromatic carboxylic acids is 1. The predicted molar refractivity (Wildman–Crippen MR) is 61.4 cm³/mol. The number of carboxylic acids is 1. The highest BCUT2D eigenvalue weighted by molar-refractivity contribution is 5.99. The van der Waals surface area contributed by atoms with Crippen LogP contribution in [0.2, 0.25) is 0 Å². The van der Waals surface area contributed by atoms with E-state index in [1.807, 2.05) is 0 Å². The molecule has 0 bridgehead atoms. The molecule has 0 radical (unpaired) electrons. The van der Waals surface area contributed by atoms with E-state index < -0.39 is 5.97 Å². The van der Waals surface area contributed by atoms with Crippen molar-refractivity contribution in [2.75, 3.05) is 18.1 Å². The molecule has 17 heavy (non-hydrogen) atoms. The Labute approximate surface area is 97.9 Å². The molecular weight excluding hydrogens is 222 g/mol. The highest BCUT2D eigenvalue weighted by atomic mass is 16.5. The standard InChI is InChI=1S/C12H11NO4/c1-2-5-13-9-4-3-8(12(15)16)6-10(9)17-7-11(13)14/h2-4,6H,1,5,7H2,(H,15,16). The van der Waals surface area contributed by atoms with E-state index in [1.54, 1.807) is 12.1 Å². The monoisotopic (exact) mass is 233 g/mol. The van der Waals surface area contributed by atoms with Crippen molar-refractivity contribution in [1.29, 1.82) is 0 Å². The van der Waals surface area contributed by atoms with Crippen LogP contribution in [-0.2, 0) is 4.79 Å². The first-order valence-electron chi connectivity index (χ1n) is 5.05. The van der Waals surface area contributed by atoms with Gasteiger partial charge in [-0.3, -0.25) is 4.79 Å². The quantitative estimate of drug-likeness (QED) is 0.799. The lowest BCUT2D eigenvalue weighted by Crippen LogP contribution is -2.38. The van der Waals surface area contributed by atoms with Crippen LogP contribution in [0.3, 0.4) is 0 Å². The summed E-state index contributed by atoms with van der Waals surface area (Å²) in [7, 11) is 0. The fraction of sp³-hybridized carbons (Fsp3) is 0.167. The molecule has 0 aromatic heterocycles. The van der Waals surface area contributed by atoms with Gasteiger partial charge in [-0.25, -0.2) is 4.79 Å². The van der Waals surface area contributed by atoms with Gasteiger partial charge in [0.25, 0.3) is 5.91 Å². The van der Waals surface area contributed by atoms with E-state index in [2.05, 4.69) is 6.58 Å². The van der Waals surface area contributed by atoms with Crippen LogP contribution < -0.4 is 9.64 Å². The second-order valence-corrected chi connectivity index (χ2v) is 3.57. The zero-order chi connectivity index (χ0) is 12.4. The van der Waals surface area contributed by atoms with Gasteiger partial charge >= 0.3 is 5.97 Å². The van der Waals surface area contributed by atoms with Crippen LogP contribution in [0.4, 0.5) is 5.69 Å². The molecule has 1 N–H and O–H groups in total. The summed E-state index contributed by atoms with van der Waals surface area (Å²) in [5.74, 6) is -0.782. The van der Waals surface area contributed by atoms with Crippen molar-refractivity contribution in [2.24, 2.45) is 0 Å². The molecule has 0 fully saturated rings. The number of benzene rings is 1. The van der Waals surface area contributed by atoms with E-state index in [1.165, 1.54) is 17.0 Å². The molecule has 1 aromatic carbocycles. The molecule has 0 atom stereocenters. The Morgan fingerprint density at radius 3 is 3.00 bits per heavy atom. The van der Waals surface area contributed by atoms with Gasteiger partial charge in [0, 0.05) is 6.54 Å². The molecule has 0 spiro atoms. The second kappa shape index (κ2) is 4.29. The number of fused-ring (bicyclic) bond motifs is 1. The van der Waals surface area contributed by atoms with Crippen molar-refractivity contribution in [1.82, 2.24) is 0 Å². The maximum atomic E-state index is 11.6. The first-order valence-corrected chi connectivity index (χ1v) is 5.05. The summed E-state index contributed by atoms with van der Waals surface area (Å²) in [6.07, 6.45) is 1.61. The number of hydrogen-bond acceptors (Lipinski definition) is 3. The van der Waals surface area contributed by atoms with Gasteiger partial charge in [-0.15, -0.1) is 6.58 Å². The lowest BCUT2D eigenvalue weighted by atomic mass is 10.1. The van der Waals surface area contributed by atoms with Crippen LogP contribution in [0.5, 0.6) is 5.75 Å². The van der Waals surface area contributed by atoms with Crippen molar-refractivity contribution in [3.63, 3.8) is 0 Å². The minimum Gasteiger partial charge on any atom is -0.482 e. The van der Waals surface area contributed by atoms with Crippen LogP contribution in [0, 0.1) is 0 Å². The molecule has 1 aliphatic heterocycles. The van der Waals surface area contributed by atoms with E-state index in [4.69, 9.17) is 9.84 Å². The Morgan fingerprint density at radius 2 is 2.35 bits per heavy atom. The van der Waals surface area contributed by atoms with Crippen molar-refractivity contribution in [3.05, 3.63) is 36.4 Å². The normalized spacial score (nSPS) is 13.9. The first kappa shape index (κ1) is 11.2. The lowest BCUT2D eigenvalue weighted by molar-refractivity contribution is -0.121. The van der Waals surface area contributed by atoms with E-state index >= 15 is 0 Å². The van der Waals surface area contributed by atoms with Crippen molar-refractivity contribution < 1.29 is 19.4 Å². The molecule has 0 saturated heterocycles. The zero-order valence-corrected chi connectivity index (χ0v) is 9.05. The average Bonchev–Trinajstić information content (AvgIpc) is 2.32. The highest BCUT2D eigenvalue weighted by Crippen LogP contribution is 2.32. The first-order chi connectivity index (χ1) is 8.13. The summed E-state index contributed by atoms with van der Waals surface area (Å²) in [4.78, 5) is 23.9. The molecule has 1 heterocycles. The van der Waals surface area contributed by atoms with Gasteiger partial charge in [-0.1, -0.05) is 6.08 Å². The molecule has 0 unspecified atom stereocenters. The summed E-state index contributed by atoms with van der Waals surface area (Å²) in [6, 6.07) is 4.43. The van der Waals surface area contributed by atoms with E-state index in [0.717, 1.165) is 0 Å². The topological polar surface area (TPSA) is 66.8 Å². The number of amides is 1. The summed E-state index contributed by atoms with van der Waals surface area (Å²) in [6.45, 7) is 3.88. The molecule has 2 rings (SSSR count). The summed E-state index contributed by atoms with van der Waals surface area (Å²) < 4.78 is 5.21. The number of carboxylic acid groups (broad SMARTS) is 1. The molecule has 0 saturated carbocycles. The minimum atomic E-state index is -1.02. The lowest BCUT2D eigenvalue weighted by Gasteiger charge is -2.28.